The van der Waals surface area contributed by atoms with Crippen LogP contribution in [0, 0.1) is 5.92 Å². The van der Waals surface area contributed by atoms with Crippen LogP contribution in [0.4, 0.5) is 11.6 Å². The fourth-order valence-electron chi connectivity index (χ4n) is 4.41. The zero-order chi connectivity index (χ0) is 20.2. The van der Waals surface area contributed by atoms with Gasteiger partial charge in [-0.2, -0.15) is 5.10 Å². The highest BCUT2D eigenvalue weighted by Crippen LogP contribution is 2.39. The first kappa shape index (κ1) is 18.9. The second-order valence-corrected chi connectivity index (χ2v) is 8.21. The molecule has 7 heteroatoms. The maximum Gasteiger partial charge on any atom is 0.153 e. The van der Waals surface area contributed by atoms with Crippen LogP contribution in [0.5, 0.6) is 0 Å². The van der Waals surface area contributed by atoms with Crippen molar-refractivity contribution in [2.24, 2.45) is 5.92 Å². The predicted octanol–water partition coefficient (Wildman–Crippen LogP) is 3.77. The molecule has 1 saturated carbocycles. The van der Waals surface area contributed by atoms with Gasteiger partial charge in [0.2, 0.25) is 0 Å². The van der Waals surface area contributed by atoms with Gasteiger partial charge in [0.15, 0.2) is 5.82 Å². The molecule has 4 heterocycles. The van der Waals surface area contributed by atoms with Crippen molar-refractivity contribution in [2.45, 2.75) is 31.3 Å². The molecule has 0 amide bonds. The van der Waals surface area contributed by atoms with Crippen LogP contribution in [0.3, 0.4) is 0 Å². The van der Waals surface area contributed by atoms with E-state index in [4.69, 9.17) is 4.74 Å². The normalized spacial score (nSPS) is 23.6. The maximum absolute atomic E-state index is 6.23. The minimum Gasteiger partial charge on any atom is -0.370 e. The summed E-state index contributed by atoms with van der Waals surface area (Å²) in [4.78, 5) is 11.1. The van der Waals surface area contributed by atoms with E-state index in [9.17, 15) is 0 Å². The van der Waals surface area contributed by atoms with Crippen LogP contribution in [-0.2, 0) is 4.74 Å². The van der Waals surface area contributed by atoms with Gasteiger partial charge >= 0.3 is 0 Å². The van der Waals surface area contributed by atoms with E-state index in [0.717, 1.165) is 61.7 Å². The molecule has 1 saturated heterocycles. The molecule has 1 spiro atoms. The van der Waals surface area contributed by atoms with Crippen molar-refractivity contribution in [1.29, 1.82) is 0 Å². The van der Waals surface area contributed by atoms with Crippen molar-refractivity contribution in [3.05, 3.63) is 61.1 Å². The Hall–Kier alpha value is -3.06. The van der Waals surface area contributed by atoms with Crippen molar-refractivity contribution in [3.8, 4) is 11.3 Å². The minimum atomic E-state index is -0.0311. The number of hydrogen-bond acceptors (Lipinski definition) is 7. The van der Waals surface area contributed by atoms with E-state index in [0.29, 0.717) is 12.6 Å². The lowest BCUT2D eigenvalue weighted by atomic mass is 9.78. The Morgan fingerprint density at radius 3 is 2.70 bits per heavy atom. The quantitative estimate of drug-likeness (QED) is 0.696. The van der Waals surface area contributed by atoms with Gasteiger partial charge < -0.3 is 15.0 Å². The van der Waals surface area contributed by atoms with E-state index in [1.54, 1.807) is 12.4 Å². The Balaban J connectivity index is 1.11. The molecule has 2 fully saturated rings. The van der Waals surface area contributed by atoms with Gasteiger partial charge in [-0.3, -0.25) is 4.98 Å². The third-order valence-corrected chi connectivity index (χ3v) is 6.20. The zero-order valence-corrected chi connectivity index (χ0v) is 16.9. The van der Waals surface area contributed by atoms with Crippen molar-refractivity contribution in [2.75, 3.05) is 30.0 Å². The number of nitrogens with one attached hydrogen (secondary N) is 1. The summed E-state index contributed by atoms with van der Waals surface area (Å²) in [5, 5.41) is 11.7. The number of pyridine rings is 2. The van der Waals surface area contributed by atoms with Crippen LogP contribution < -0.4 is 10.2 Å². The maximum atomic E-state index is 6.23. The average molecular weight is 403 g/mol. The standard InChI is InChI=1S/C23H26N6O/c1-2-12-24-20(4-1)19-6-7-21(26-15-19)25-14-18-8-10-23(11-9-18)16-29(17-30-23)22-5-3-13-27-28-22/h1-7,12-13,15,18H,8-11,14,16-17H2,(H,25,26). The SMILES string of the molecule is c1ccc(-c2ccc(NCC3CCC4(CC3)CN(c3cccnn3)CO4)nc2)nc1. The highest BCUT2D eigenvalue weighted by atomic mass is 16.5. The number of anilines is 2. The summed E-state index contributed by atoms with van der Waals surface area (Å²) in [5.74, 6) is 2.46. The van der Waals surface area contributed by atoms with Crippen molar-refractivity contribution >= 4 is 11.6 Å². The van der Waals surface area contributed by atoms with Crippen LogP contribution in [0.1, 0.15) is 25.7 Å². The summed E-state index contributed by atoms with van der Waals surface area (Å²) in [6.45, 7) is 2.45. The van der Waals surface area contributed by atoms with Crippen LogP contribution in [0.25, 0.3) is 11.3 Å². The van der Waals surface area contributed by atoms with Gasteiger partial charge in [-0.15, -0.1) is 5.10 Å². The number of rotatable bonds is 5. The average Bonchev–Trinajstić information content (AvgIpc) is 3.24. The van der Waals surface area contributed by atoms with Crippen LogP contribution >= 0.6 is 0 Å². The molecule has 3 aromatic heterocycles. The summed E-state index contributed by atoms with van der Waals surface area (Å²) in [6, 6.07) is 13.9. The van der Waals surface area contributed by atoms with E-state index in [1.165, 1.54) is 0 Å². The Kier molecular flexibility index (Phi) is 5.27. The Morgan fingerprint density at radius 1 is 1.03 bits per heavy atom. The highest BCUT2D eigenvalue weighted by Gasteiger charge is 2.42. The first-order valence-corrected chi connectivity index (χ1v) is 10.6. The molecule has 5 rings (SSSR count). The molecule has 1 aliphatic carbocycles. The fourth-order valence-corrected chi connectivity index (χ4v) is 4.41. The first-order chi connectivity index (χ1) is 14.8. The minimum absolute atomic E-state index is 0.0311. The lowest BCUT2D eigenvalue weighted by Gasteiger charge is -2.36. The van der Waals surface area contributed by atoms with Crippen LogP contribution in [0.15, 0.2) is 61.1 Å². The summed E-state index contributed by atoms with van der Waals surface area (Å²) in [5.41, 5.74) is 1.95. The largest absolute Gasteiger partial charge is 0.370 e. The molecule has 154 valence electrons. The van der Waals surface area contributed by atoms with Gasteiger partial charge in [0.25, 0.3) is 0 Å². The molecule has 0 radical (unpaired) electrons. The number of hydrogen-bond donors (Lipinski definition) is 1. The van der Waals surface area contributed by atoms with E-state index < -0.39 is 0 Å². The van der Waals surface area contributed by atoms with Crippen molar-refractivity contribution < 1.29 is 4.74 Å². The van der Waals surface area contributed by atoms with Gasteiger partial charge in [-0.25, -0.2) is 4.98 Å². The predicted molar refractivity (Wildman–Crippen MR) is 116 cm³/mol. The van der Waals surface area contributed by atoms with E-state index in [-0.39, 0.29) is 5.60 Å². The number of ether oxygens (including phenoxy) is 1. The monoisotopic (exact) mass is 402 g/mol. The van der Waals surface area contributed by atoms with Crippen molar-refractivity contribution in [3.63, 3.8) is 0 Å². The summed E-state index contributed by atoms with van der Waals surface area (Å²) in [6.07, 6.45) is 9.88. The van der Waals surface area contributed by atoms with Crippen LogP contribution in [0.2, 0.25) is 0 Å². The second kappa shape index (κ2) is 8.36. The van der Waals surface area contributed by atoms with Gasteiger partial charge in [0.1, 0.15) is 12.5 Å². The van der Waals surface area contributed by atoms with Gasteiger partial charge in [0.05, 0.1) is 17.8 Å². The van der Waals surface area contributed by atoms with E-state index >= 15 is 0 Å². The van der Waals surface area contributed by atoms with Crippen LogP contribution in [-0.4, -0.2) is 45.6 Å². The lowest BCUT2D eigenvalue weighted by molar-refractivity contribution is -0.0258. The molecule has 0 bridgehead atoms. The van der Waals surface area contributed by atoms with Gasteiger partial charge in [0, 0.05) is 30.7 Å². The molecule has 3 aromatic rings. The fraction of sp³-hybridized carbons (Fsp3) is 0.391. The smallest absolute Gasteiger partial charge is 0.153 e. The number of aromatic nitrogens is 4. The topological polar surface area (TPSA) is 76.1 Å². The Bertz CT molecular complexity index is 942. The van der Waals surface area contributed by atoms with Gasteiger partial charge in [-0.1, -0.05) is 6.07 Å². The highest BCUT2D eigenvalue weighted by molar-refractivity contribution is 5.59. The summed E-state index contributed by atoms with van der Waals surface area (Å²) < 4.78 is 6.23. The molecule has 0 aromatic carbocycles. The second-order valence-electron chi connectivity index (χ2n) is 8.21. The molecular weight excluding hydrogens is 376 g/mol. The summed E-state index contributed by atoms with van der Waals surface area (Å²) >= 11 is 0. The number of nitrogens with zero attached hydrogens (tertiary/aromatic N) is 5. The third kappa shape index (κ3) is 4.11. The third-order valence-electron chi connectivity index (χ3n) is 6.20. The van der Waals surface area contributed by atoms with E-state index in [1.807, 2.05) is 42.6 Å². The molecule has 1 N–H and O–H groups in total. The Labute approximate surface area is 176 Å². The molecule has 0 atom stereocenters. The molecule has 2 aliphatic rings. The lowest BCUT2D eigenvalue weighted by Crippen LogP contribution is -2.39. The molecule has 0 unspecified atom stereocenters. The Morgan fingerprint density at radius 2 is 1.97 bits per heavy atom. The first-order valence-electron chi connectivity index (χ1n) is 10.6. The molecule has 1 aliphatic heterocycles. The zero-order valence-electron chi connectivity index (χ0n) is 16.9. The van der Waals surface area contributed by atoms with Gasteiger partial charge in [-0.05, 0) is 68.0 Å². The molecule has 30 heavy (non-hydrogen) atoms. The van der Waals surface area contributed by atoms with Crippen molar-refractivity contribution in [1.82, 2.24) is 20.2 Å². The van der Waals surface area contributed by atoms with E-state index in [2.05, 4.69) is 36.4 Å². The summed E-state index contributed by atoms with van der Waals surface area (Å²) in [7, 11) is 0. The molecular formula is C23H26N6O. The molecule has 7 nitrogen and oxygen atoms in total.